The molecular weight excluding hydrogens is 318 g/mol. The molecule has 3 rings (SSSR count). The van der Waals surface area contributed by atoms with Gasteiger partial charge in [0.05, 0.1) is 6.10 Å². The third-order valence-electron chi connectivity index (χ3n) is 3.49. The summed E-state index contributed by atoms with van der Waals surface area (Å²) in [5.41, 5.74) is 1.59. The third kappa shape index (κ3) is 4.76. The van der Waals surface area contributed by atoms with Crippen LogP contribution >= 0.6 is 0 Å². The van der Waals surface area contributed by atoms with E-state index in [-0.39, 0.29) is 12.0 Å². The Morgan fingerprint density at radius 3 is 2.52 bits per heavy atom. The van der Waals surface area contributed by atoms with Gasteiger partial charge >= 0.3 is 0 Å². The fourth-order valence-electron chi connectivity index (χ4n) is 2.41. The van der Waals surface area contributed by atoms with Crippen molar-refractivity contribution in [2.45, 2.75) is 20.0 Å². The number of benzene rings is 2. The minimum absolute atomic E-state index is 0.137. The van der Waals surface area contributed by atoms with Crippen LogP contribution in [0.25, 0.3) is 6.08 Å². The van der Waals surface area contributed by atoms with E-state index < -0.39 is 0 Å². The lowest BCUT2D eigenvalue weighted by molar-refractivity contribution is -0.111. The normalized spacial score (nSPS) is 13.1. The van der Waals surface area contributed by atoms with E-state index in [0.717, 1.165) is 11.3 Å². The lowest BCUT2D eigenvalue weighted by Crippen LogP contribution is -2.16. The molecule has 2 aromatic carbocycles. The highest BCUT2D eigenvalue weighted by Crippen LogP contribution is 2.32. The van der Waals surface area contributed by atoms with Crippen molar-refractivity contribution in [3.8, 4) is 17.2 Å². The van der Waals surface area contributed by atoms with E-state index >= 15 is 0 Å². The van der Waals surface area contributed by atoms with Crippen LogP contribution in [0.3, 0.4) is 0 Å². The summed E-state index contributed by atoms with van der Waals surface area (Å²) >= 11 is 0. The summed E-state index contributed by atoms with van der Waals surface area (Å²) in [7, 11) is 0. The summed E-state index contributed by atoms with van der Waals surface area (Å²) in [5, 5.41) is 2.81. The number of carbonyl (C=O) groups excluding carboxylic acids is 1. The van der Waals surface area contributed by atoms with Crippen molar-refractivity contribution in [3.05, 3.63) is 54.1 Å². The van der Waals surface area contributed by atoms with Gasteiger partial charge in [-0.25, -0.2) is 0 Å². The predicted octanol–water partition coefficient (Wildman–Crippen LogP) is 3.90. The second-order valence-electron chi connectivity index (χ2n) is 5.92. The first kappa shape index (κ1) is 16.9. The molecule has 1 aliphatic rings. The van der Waals surface area contributed by atoms with Gasteiger partial charge in [-0.05, 0) is 49.8 Å². The Bertz CT molecular complexity index is 766. The summed E-state index contributed by atoms with van der Waals surface area (Å²) in [6.45, 7) is 5.02. The molecule has 0 spiro atoms. The molecule has 1 N–H and O–H groups in total. The molecule has 0 saturated carbocycles. The van der Waals surface area contributed by atoms with Gasteiger partial charge in [-0.1, -0.05) is 12.1 Å². The molecule has 5 heteroatoms. The third-order valence-corrected chi connectivity index (χ3v) is 3.49. The van der Waals surface area contributed by atoms with Crippen molar-refractivity contribution in [1.82, 2.24) is 0 Å². The van der Waals surface area contributed by atoms with Crippen LogP contribution in [0.15, 0.2) is 48.5 Å². The minimum atomic E-state index is -0.209. The Labute approximate surface area is 147 Å². The van der Waals surface area contributed by atoms with Gasteiger partial charge in [-0.2, -0.15) is 0 Å². The number of amides is 1. The number of nitrogens with one attached hydrogen (secondary N) is 1. The lowest BCUT2D eigenvalue weighted by atomic mass is 10.2. The molecule has 0 atom stereocenters. The smallest absolute Gasteiger partial charge is 0.248 e. The fourth-order valence-corrected chi connectivity index (χ4v) is 2.41. The Balaban J connectivity index is 1.59. The van der Waals surface area contributed by atoms with Crippen molar-refractivity contribution in [3.63, 3.8) is 0 Å². The van der Waals surface area contributed by atoms with E-state index in [4.69, 9.17) is 14.2 Å². The van der Waals surface area contributed by atoms with Gasteiger partial charge in [0.15, 0.2) is 11.5 Å². The van der Waals surface area contributed by atoms with Crippen LogP contribution in [0.1, 0.15) is 19.4 Å². The first-order valence-electron chi connectivity index (χ1n) is 8.25. The predicted molar refractivity (Wildman–Crippen MR) is 97.3 cm³/mol. The number of carbonyl (C=O) groups is 1. The summed E-state index contributed by atoms with van der Waals surface area (Å²) < 4.78 is 16.6. The molecule has 0 bridgehead atoms. The molecule has 0 unspecified atom stereocenters. The van der Waals surface area contributed by atoms with Gasteiger partial charge in [0.25, 0.3) is 0 Å². The zero-order valence-electron chi connectivity index (χ0n) is 14.3. The zero-order chi connectivity index (χ0) is 17.6. The van der Waals surface area contributed by atoms with Gasteiger partial charge in [-0.15, -0.1) is 0 Å². The molecule has 2 aromatic rings. The summed E-state index contributed by atoms with van der Waals surface area (Å²) in [6, 6.07) is 12.9. The number of fused-ring (bicyclic) bond motifs is 1. The maximum Gasteiger partial charge on any atom is 0.248 e. The van der Waals surface area contributed by atoms with Crippen LogP contribution in [0, 0.1) is 0 Å². The van der Waals surface area contributed by atoms with E-state index in [2.05, 4.69) is 5.32 Å². The topological polar surface area (TPSA) is 56.8 Å². The fraction of sp³-hybridized carbons (Fsp3) is 0.250. The average Bonchev–Trinajstić information content (AvgIpc) is 2.60. The first-order valence-corrected chi connectivity index (χ1v) is 8.25. The monoisotopic (exact) mass is 339 g/mol. The minimum Gasteiger partial charge on any atom is -0.491 e. The van der Waals surface area contributed by atoms with Crippen molar-refractivity contribution >= 4 is 17.7 Å². The Morgan fingerprint density at radius 1 is 1.08 bits per heavy atom. The van der Waals surface area contributed by atoms with Gasteiger partial charge in [-0.3, -0.25) is 4.79 Å². The maximum absolute atomic E-state index is 12.1. The van der Waals surface area contributed by atoms with E-state index in [9.17, 15) is 4.79 Å². The number of hydrogen-bond acceptors (Lipinski definition) is 4. The Morgan fingerprint density at radius 2 is 1.80 bits per heavy atom. The second kappa shape index (κ2) is 7.75. The number of anilines is 1. The Kier molecular flexibility index (Phi) is 5.23. The van der Waals surface area contributed by atoms with E-state index in [0.29, 0.717) is 30.4 Å². The molecule has 0 aliphatic carbocycles. The molecule has 130 valence electrons. The molecular formula is C20H21NO4. The van der Waals surface area contributed by atoms with E-state index in [1.807, 2.05) is 38.1 Å². The molecule has 0 fully saturated rings. The van der Waals surface area contributed by atoms with Gasteiger partial charge in [0.2, 0.25) is 5.91 Å². The quantitative estimate of drug-likeness (QED) is 0.840. The summed E-state index contributed by atoms with van der Waals surface area (Å²) in [5.74, 6) is 1.95. The molecule has 0 saturated heterocycles. The molecule has 1 heterocycles. The first-order chi connectivity index (χ1) is 12.1. The molecule has 1 amide bonds. The second-order valence-corrected chi connectivity index (χ2v) is 5.92. The number of hydrogen-bond donors (Lipinski definition) is 1. The lowest BCUT2D eigenvalue weighted by Gasteiger charge is -2.18. The standard InChI is InChI=1S/C20H21NO4/c1-14(2)25-17-7-3-15(4-8-17)5-10-20(22)21-16-6-9-18-19(13-16)24-12-11-23-18/h3-10,13-14H,11-12H2,1-2H3,(H,21,22). The molecule has 0 radical (unpaired) electrons. The average molecular weight is 339 g/mol. The van der Waals surface area contributed by atoms with Gasteiger partial charge < -0.3 is 19.5 Å². The van der Waals surface area contributed by atoms with E-state index in [1.54, 1.807) is 24.3 Å². The van der Waals surface area contributed by atoms with Crippen LogP contribution in [0.5, 0.6) is 17.2 Å². The zero-order valence-corrected chi connectivity index (χ0v) is 14.3. The van der Waals surface area contributed by atoms with Crippen LogP contribution in [-0.4, -0.2) is 25.2 Å². The van der Waals surface area contributed by atoms with Gasteiger partial charge in [0.1, 0.15) is 19.0 Å². The maximum atomic E-state index is 12.1. The van der Waals surface area contributed by atoms with Crippen LogP contribution < -0.4 is 19.5 Å². The van der Waals surface area contributed by atoms with Crippen LogP contribution in [-0.2, 0) is 4.79 Å². The van der Waals surface area contributed by atoms with Crippen LogP contribution in [0.4, 0.5) is 5.69 Å². The SMILES string of the molecule is CC(C)Oc1ccc(C=CC(=O)Nc2ccc3c(c2)OCCO3)cc1. The summed E-state index contributed by atoms with van der Waals surface area (Å²) in [4.78, 5) is 12.1. The molecule has 0 aromatic heterocycles. The van der Waals surface area contributed by atoms with Crippen LogP contribution in [0.2, 0.25) is 0 Å². The molecule has 1 aliphatic heterocycles. The van der Waals surface area contributed by atoms with Crippen molar-refractivity contribution in [1.29, 1.82) is 0 Å². The number of ether oxygens (including phenoxy) is 3. The number of rotatable bonds is 5. The Hall–Kier alpha value is -2.95. The van der Waals surface area contributed by atoms with E-state index in [1.165, 1.54) is 6.08 Å². The van der Waals surface area contributed by atoms with Crippen molar-refractivity contribution in [2.75, 3.05) is 18.5 Å². The highest BCUT2D eigenvalue weighted by Gasteiger charge is 2.12. The highest BCUT2D eigenvalue weighted by molar-refractivity contribution is 6.02. The van der Waals surface area contributed by atoms with Crippen molar-refractivity contribution < 1.29 is 19.0 Å². The summed E-state index contributed by atoms with van der Waals surface area (Å²) in [6.07, 6.45) is 3.39. The van der Waals surface area contributed by atoms with Crippen molar-refractivity contribution in [2.24, 2.45) is 0 Å². The van der Waals surface area contributed by atoms with Gasteiger partial charge in [0, 0.05) is 17.8 Å². The largest absolute Gasteiger partial charge is 0.491 e. The molecule has 5 nitrogen and oxygen atoms in total. The molecule has 25 heavy (non-hydrogen) atoms. The highest BCUT2D eigenvalue weighted by atomic mass is 16.6.